The van der Waals surface area contributed by atoms with Crippen molar-refractivity contribution in [2.24, 2.45) is 0 Å². The van der Waals surface area contributed by atoms with Gasteiger partial charge in [-0.3, -0.25) is 4.79 Å². The Bertz CT molecular complexity index is 992. The smallest absolute Gasteiger partial charge is 0.259 e. The monoisotopic (exact) mass is 338 g/mol. The second kappa shape index (κ2) is 7.09. The molecule has 6 nitrogen and oxygen atoms in total. The topological polar surface area (TPSA) is 73.4 Å². The molecule has 0 fully saturated rings. The van der Waals surface area contributed by atoms with Crippen molar-refractivity contribution in [3.63, 3.8) is 0 Å². The van der Waals surface area contributed by atoms with Crippen LogP contribution < -0.4 is 19.8 Å². The van der Waals surface area contributed by atoms with Gasteiger partial charge in [-0.25, -0.2) is 4.98 Å². The number of H-pyrrole nitrogens is 1. The van der Waals surface area contributed by atoms with Crippen molar-refractivity contribution < 1.29 is 14.2 Å². The molecule has 0 aliphatic rings. The second-order valence-corrected chi connectivity index (χ2v) is 5.29. The highest BCUT2D eigenvalue weighted by molar-refractivity contribution is 5.83. The summed E-state index contributed by atoms with van der Waals surface area (Å²) in [5, 5.41) is 0.441. The summed E-state index contributed by atoms with van der Waals surface area (Å²) in [6, 6.07) is 10.9. The van der Waals surface area contributed by atoms with Gasteiger partial charge < -0.3 is 19.2 Å². The maximum Gasteiger partial charge on any atom is 0.259 e. The molecule has 0 aliphatic carbocycles. The van der Waals surface area contributed by atoms with Gasteiger partial charge in [0.1, 0.15) is 11.6 Å². The summed E-state index contributed by atoms with van der Waals surface area (Å²) in [6.07, 6.45) is 3.60. The molecule has 3 rings (SSSR count). The lowest BCUT2D eigenvalue weighted by Gasteiger charge is -2.08. The standard InChI is InChI=1S/C19H18N2O4/c1-23-13-6-4-5-12(9-13)7-8-18-20-15-11-17(25-3)16(24-2)10-14(15)19(22)21-18/h4-11H,1-3H3,(H,20,21,22)/b8-7+. The fourth-order valence-electron chi connectivity index (χ4n) is 2.48. The molecule has 0 spiro atoms. The van der Waals surface area contributed by atoms with Crippen LogP contribution in [0.25, 0.3) is 23.1 Å². The van der Waals surface area contributed by atoms with E-state index >= 15 is 0 Å². The van der Waals surface area contributed by atoms with Crippen molar-refractivity contribution in [3.8, 4) is 17.2 Å². The van der Waals surface area contributed by atoms with Gasteiger partial charge in [-0.15, -0.1) is 0 Å². The Morgan fingerprint density at radius 2 is 1.72 bits per heavy atom. The van der Waals surface area contributed by atoms with Crippen LogP contribution in [0.1, 0.15) is 11.4 Å². The third-order valence-corrected chi connectivity index (χ3v) is 3.76. The molecule has 0 bridgehead atoms. The first kappa shape index (κ1) is 16.6. The zero-order valence-electron chi connectivity index (χ0n) is 14.2. The van der Waals surface area contributed by atoms with E-state index in [0.29, 0.717) is 28.2 Å². The average molecular weight is 338 g/mol. The van der Waals surface area contributed by atoms with Crippen LogP contribution in [0, 0.1) is 0 Å². The van der Waals surface area contributed by atoms with Gasteiger partial charge in [0.05, 0.1) is 32.2 Å². The second-order valence-electron chi connectivity index (χ2n) is 5.29. The lowest BCUT2D eigenvalue weighted by molar-refractivity contribution is 0.355. The highest BCUT2D eigenvalue weighted by Gasteiger charge is 2.10. The summed E-state index contributed by atoms with van der Waals surface area (Å²) in [7, 11) is 4.68. The number of methoxy groups -OCH3 is 3. The van der Waals surface area contributed by atoms with E-state index in [1.54, 1.807) is 32.4 Å². The minimum absolute atomic E-state index is 0.240. The van der Waals surface area contributed by atoms with Crippen molar-refractivity contribution >= 4 is 23.1 Å². The number of aromatic amines is 1. The molecule has 0 unspecified atom stereocenters. The number of fused-ring (bicyclic) bond motifs is 1. The summed E-state index contributed by atoms with van der Waals surface area (Å²) in [5.74, 6) is 2.23. The van der Waals surface area contributed by atoms with E-state index in [0.717, 1.165) is 11.3 Å². The molecule has 0 aliphatic heterocycles. The first-order valence-corrected chi connectivity index (χ1v) is 7.63. The molecule has 0 amide bonds. The first-order chi connectivity index (χ1) is 12.1. The zero-order valence-corrected chi connectivity index (χ0v) is 14.2. The average Bonchev–Trinajstić information content (AvgIpc) is 2.65. The number of nitrogens with one attached hydrogen (secondary N) is 1. The normalized spacial score (nSPS) is 11.0. The van der Waals surface area contributed by atoms with Gasteiger partial charge in [-0.05, 0) is 29.8 Å². The largest absolute Gasteiger partial charge is 0.497 e. The number of hydrogen-bond donors (Lipinski definition) is 1. The molecule has 2 aromatic carbocycles. The summed E-state index contributed by atoms with van der Waals surface area (Å²) < 4.78 is 15.7. The summed E-state index contributed by atoms with van der Waals surface area (Å²) in [4.78, 5) is 19.6. The van der Waals surface area contributed by atoms with Gasteiger partial charge in [-0.2, -0.15) is 0 Å². The molecule has 1 N–H and O–H groups in total. The van der Waals surface area contributed by atoms with Gasteiger partial charge in [-0.1, -0.05) is 18.2 Å². The molecule has 6 heteroatoms. The Hall–Kier alpha value is -3.28. The molecular formula is C19H18N2O4. The van der Waals surface area contributed by atoms with Crippen molar-refractivity contribution in [2.45, 2.75) is 0 Å². The van der Waals surface area contributed by atoms with Crippen molar-refractivity contribution in [1.82, 2.24) is 9.97 Å². The number of nitrogens with zero attached hydrogens (tertiary/aromatic N) is 1. The van der Waals surface area contributed by atoms with Crippen LogP contribution >= 0.6 is 0 Å². The third-order valence-electron chi connectivity index (χ3n) is 3.76. The summed E-state index contributed by atoms with van der Waals surface area (Å²) >= 11 is 0. The van der Waals surface area contributed by atoms with Crippen molar-refractivity contribution in [2.75, 3.05) is 21.3 Å². The van der Waals surface area contributed by atoms with Crippen molar-refractivity contribution in [3.05, 3.63) is 58.1 Å². The van der Waals surface area contributed by atoms with Crippen molar-refractivity contribution in [1.29, 1.82) is 0 Å². The summed E-state index contributed by atoms with van der Waals surface area (Å²) in [6.45, 7) is 0. The molecule has 0 saturated carbocycles. The molecule has 25 heavy (non-hydrogen) atoms. The molecule has 0 atom stereocenters. The van der Waals surface area contributed by atoms with Gasteiger partial charge in [0, 0.05) is 6.07 Å². The van der Waals surface area contributed by atoms with E-state index in [1.807, 2.05) is 30.3 Å². The van der Waals surface area contributed by atoms with Crippen LogP contribution in [0.5, 0.6) is 17.2 Å². The minimum Gasteiger partial charge on any atom is -0.497 e. The van der Waals surface area contributed by atoms with E-state index in [9.17, 15) is 4.79 Å². The van der Waals surface area contributed by atoms with Gasteiger partial charge in [0.25, 0.3) is 5.56 Å². The van der Waals surface area contributed by atoms with E-state index in [2.05, 4.69) is 9.97 Å². The van der Waals surface area contributed by atoms with E-state index in [4.69, 9.17) is 14.2 Å². The highest BCUT2D eigenvalue weighted by atomic mass is 16.5. The van der Waals surface area contributed by atoms with Gasteiger partial charge in [0.15, 0.2) is 11.5 Å². The van der Waals surface area contributed by atoms with Crippen LogP contribution in [0.2, 0.25) is 0 Å². The number of aromatic nitrogens is 2. The Balaban J connectivity index is 2.02. The fraction of sp³-hybridized carbons (Fsp3) is 0.158. The van der Waals surface area contributed by atoms with Crippen LogP contribution in [0.15, 0.2) is 41.2 Å². The van der Waals surface area contributed by atoms with Crippen LogP contribution in [0.4, 0.5) is 0 Å². The Labute approximate surface area is 144 Å². The minimum atomic E-state index is -0.240. The Kier molecular flexibility index (Phi) is 4.70. The predicted molar refractivity (Wildman–Crippen MR) is 97.4 cm³/mol. The molecular weight excluding hydrogens is 320 g/mol. The Morgan fingerprint density at radius 3 is 2.44 bits per heavy atom. The van der Waals surface area contributed by atoms with Gasteiger partial charge in [0.2, 0.25) is 0 Å². The quantitative estimate of drug-likeness (QED) is 0.774. The number of benzene rings is 2. The maximum atomic E-state index is 12.3. The lowest BCUT2D eigenvalue weighted by atomic mass is 10.2. The predicted octanol–water partition coefficient (Wildman–Crippen LogP) is 3.12. The van der Waals surface area contributed by atoms with Crippen LogP contribution in [-0.4, -0.2) is 31.3 Å². The maximum absolute atomic E-state index is 12.3. The van der Waals surface area contributed by atoms with Crippen LogP contribution in [0.3, 0.4) is 0 Å². The number of rotatable bonds is 5. The lowest BCUT2D eigenvalue weighted by Crippen LogP contribution is -2.10. The fourth-order valence-corrected chi connectivity index (χ4v) is 2.48. The van der Waals surface area contributed by atoms with E-state index < -0.39 is 0 Å². The molecule has 1 heterocycles. The zero-order chi connectivity index (χ0) is 17.8. The Morgan fingerprint density at radius 1 is 0.960 bits per heavy atom. The van der Waals surface area contributed by atoms with Crippen LogP contribution in [-0.2, 0) is 0 Å². The molecule has 128 valence electrons. The first-order valence-electron chi connectivity index (χ1n) is 7.63. The van der Waals surface area contributed by atoms with Gasteiger partial charge >= 0.3 is 0 Å². The SMILES string of the molecule is COc1cccc(/C=C/c2nc3cc(OC)c(OC)cc3c(=O)[nH]2)c1. The van der Waals surface area contributed by atoms with E-state index in [-0.39, 0.29) is 5.56 Å². The molecule has 0 radical (unpaired) electrons. The number of ether oxygens (including phenoxy) is 3. The summed E-state index contributed by atoms with van der Waals surface area (Å²) in [5.41, 5.74) is 1.23. The number of hydrogen-bond acceptors (Lipinski definition) is 5. The highest BCUT2D eigenvalue weighted by Crippen LogP contribution is 2.30. The molecule has 3 aromatic rings. The third kappa shape index (κ3) is 3.47. The molecule has 1 aromatic heterocycles. The molecule has 0 saturated heterocycles. The van der Waals surface area contributed by atoms with E-state index in [1.165, 1.54) is 7.11 Å².